The summed E-state index contributed by atoms with van der Waals surface area (Å²) in [5.74, 6) is 1.17. The topological polar surface area (TPSA) is 59.6 Å². The Kier molecular flexibility index (Phi) is 4.41. The molecule has 1 atom stereocenters. The molecule has 2 heterocycles. The van der Waals surface area contributed by atoms with Gasteiger partial charge in [0.25, 0.3) is 5.91 Å². The van der Waals surface area contributed by atoms with E-state index in [1.54, 1.807) is 0 Å². The lowest BCUT2D eigenvalue weighted by Crippen LogP contribution is -2.30. The minimum Gasteiger partial charge on any atom is -0.491 e. The highest BCUT2D eigenvalue weighted by Crippen LogP contribution is 2.32. The van der Waals surface area contributed by atoms with Crippen LogP contribution < -0.4 is 15.4 Å². The fourth-order valence-electron chi connectivity index (χ4n) is 3.19. The van der Waals surface area contributed by atoms with Crippen molar-refractivity contribution in [2.45, 2.75) is 18.9 Å². The number of hydrogen-bond acceptors (Lipinski definition) is 4. The zero-order valence-electron chi connectivity index (χ0n) is 12.4. The van der Waals surface area contributed by atoms with Gasteiger partial charge in [0.05, 0.1) is 12.1 Å². The summed E-state index contributed by atoms with van der Waals surface area (Å²) in [6, 6.07) is 6.19. The summed E-state index contributed by atoms with van der Waals surface area (Å²) in [6.07, 6.45) is 2.09. The molecule has 1 unspecified atom stereocenters. The summed E-state index contributed by atoms with van der Waals surface area (Å²) in [5, 5.41) is 6.26. The zero-order chi connectivity index (χ0) is 14.7. The van der Waals surface area contributed by atoms with Gasteiger partial charge in [-0.15, -0.1) is 0 Å². The summed E-state index contributed by atoms with van der Waals surface area (Å²) < 4.78 is 11.1. The first kappa shape index (κ1) is 14.4. The van der Waals surface area contributed by atoms with Crippen LogP contribution in [0.2, 0.25) is 0 Å². The number of fused-ring (bicyclic) bond motifs is 1. The Hall–Kier alpha value is -1.59. The molecule has 114 valence electrons. The highest BCUT2D eigenvalue weighted by Gasteiger charge is 2.26. The third-order valence-corrected chi connectivity index (χ3v) is 4.30. The average molecular weight is 290 g/mol. The maximum Gasteiger partial charge on any atom is 0.255 e. The van der Waals surface area contributed by atoms with Gasteiger partial charge in [0.1, 0.15) is 12.4 Å². The third-order valence-electron chi connectivity index (χ3n) is 4.30. The van der Waals surface area contributed by atoms with E-state index in [4.69, 9.17) is 9.47 Å². The molecule has 2 aliphatic heterocycles. The van der Waals surface area contributed by atoms with Crippen molar-refractivity contribution < 1.29 is 14.3 Å². The molecule has 0 saturated carbocycles. The molecule has 0 aromatic heterocycles. The number of benzene rings is 1. The molecule has 0 bridgehead atoms. The lowest BCUT2D eigenvalue weighted by molar-refractivity contribution is 0.0546. The quantitative estimate of drug-likeness (QED) is 0.885. The molecule has 2 N–H and O–H groups in total. The molecule has 21 heavy (non-hydrogen) atoms. The summed E-state index contributed by atoms with van der Waals surface area (Å²) in [5.41, 5.74) is 1.78. The average Bonchev–Trinajstić information content (AvgIpc) is 2.71. The molecule has 1 amide bonds. The smallest absolute Gasteiger partial charge is 0.255 e. The fraction of sp³-hybridized carbons (Fsp3) is 0.562. The van der Waals surface area contributed by atoms with Gasteiger partial charge < -0.3 is 20.1 Å². The third kappa shape index (κ3) is 3.04. The van der Waals surface area contributed by atoms with Crippen LogP contribution in [-0.4, -0.2) is 39.3 Å². The molecule has 5 heteroatoms. The van der Waals surface area contributed by atoms with Gasteiger partial charge in [0.15, 0.2) is 0 Å². The SMILES string of the molecule is CNC(c1ccc2c(c1)C(=O)NCCO2)C1CCOCC1. The second-order valence-corrected chi connectivity index (χ2v) is 5.58. The minimum absolute atomic E-state index is 0.0498. The number of amides is 1. The van der Waals surface area contributed by atoms with E-state index < -0.39 is 0 Å². The first-order chi connectivity index (χ1) is 10.3. The van der Waals surface area contributed by atoms with Crippen LogP contribution in [0.25, 0.3) is 0 Å². The predicted octanol–water partition coefficient (Wildman–Crippen LogP) is 1.50. The summed E-state index contributed by atoms with van der Waals surface area (Å²) in [4.78, 5) is 12.1. The standard InChI is InChI=1S/C16H22N2O3/c1-17-15(11-4-7-20-8-5-11)12-2-3-14-13(10-12)16(19)18-6-9-21-14/h2-3,10-11,15,17H,4-9H2,1H3,(H,18,19). The minimum atomic E-state index is -0.0498. The van der Waals surface area contributed by atoms with Crippen molar-refractivity contribution in [3.63, 3.8) is 0 Å². The maximum atomic E-state index is 12.1. The van der Waals surface area contributed by atoms with Crippen LogP contribution in [0.15, 0.2) is 18.2 Å². The highest BCUT2D eigenvalue weighted by atomic mass is 16.5. The van der Waals surface area contributed by atoms with Crippen molar-refractivity contribution in [2.24, 2.45) is 5.92 Å². The van der Waals surface area contributed by atoms with Gasteiger partial charge in [-0.05, 0) is 43.5 Å². The van der Waals surface area contributed by atoms with Crippen LogP contribution in [0, 0.1) is 5.92 Å². The Labute approximate surface area is 125 Å². The number of hydrogen-bond donors (Lipinski definition) is 2. The Morgan fingerprint density at radius 3 is 2.86 bits per heavy atom. The Bertz CT molecular complexity index is 512. The van der Waals surface area contributed by atoms with Crippen molar-refractivity contribution >= 4 is 5.91 Å². The Balaban J connectivity index is 1.88. The molecule has 5 nitrogen and oxygen atoms in total. The molecular weight excluding hydrogens is 268 g/mol. The number of rotatable bonds is 3. The number of carbonyl (C=O) groups is 1. The summed E-state index contributed by atoms with van der Waals surface area (Å²) >= 11 is 0. The monoisotopic (exact) mass is 290 g/mol. The van der Waals surface area contributed by atoms with Gasteiger partial charge in [0.2, 0.25) is 0 Å². The Morgan fingerprint density at radius 2 is 2.10 bits per heavy atom. The van der Waals surface area contributed by atoms with Crippen LogP contribution in [-0.2, 0) is 4.74 Å². The molecule has 1 aromatic rings. The molecule has 3 rings (SSSR count). The molecule has 0 radical (unpaired) electrons. The Morgan fingerprint density at radius 1 is 1.29 bits per heavy atom. The predicted molar refractivity (Wildman–Crippen MR) is 79.6 cm³/mol. The van der Waals surface area contributed by atoms with E-state index in [-0.39, 0.29) is 11.9 Å². The van der Waals surface area contributed by atoms with Crippen molar-refractivity contribution in [1.82, 2.24) is 10.6 Å². The zero-order valence-corrected chi connectivity index (χ0v) is 12.4. The van der Waals surface area contributed by atoms with Crippen LogP contribution in [0.4, 0.5) is 0 Å². The maximum absolute atomic E-state index is 12.1. The van der Waals surface area contributed by atoms with Gasteiger partial charge in [-0.25, -0.2) is 0 Å². The molecule has 1 fully saturated rings. The fourth-order valence-corrected chi connectivity index (χ4v) is 3.19. The van der Waals surface area contributed by atoms with E-state index >= 15 is 0 Å². The summed E-state index contributed by atoms with van der Waals surface area (Å²) in [7, 11) is 1.97. The van der Waals surface area contributed by atoms with E-state index in [1.165, 1.54) is 0 Å². The van der Waals surface area contributed by atoms with E-state index in [2.05, 4.69) is 16.7 Å². The molecule has 0 spiro atoms. The van der Waals surface area contributed by atoms with Crippen molar-refractivity contribution in [1.29, 1.82) is 0 Å². The van der Waals surface area contributed by atoms with Crippen molar-refractivity contribution in [2.75, 3.05) is 33.4 Å². The van der Waals surface area contributed by atoms with Crippen LogP contribution in [0.1, 0.15) is 34.8 Å². The van der Waals surface area contributed by atoms with Crippen LogP contribution in [0.3, 0.4) is 0 Å². The first-order valence-corrected chi connectivity index (χ1v) is 7.59. The van der Waals surface area contributed by atoms with Crippen molar-refractivity contribution in [3.05, 3.63) is 29.3 Å². The molecule has 2 aliphatic rings. The number of ether oxygens (including phenoxy) is 2. The van der Waals surface area contributed by atoms with Crippen LogP contribution in [0.5, 0.6) is 5.75 Å². The van der Waals surface area contributed by atoms with Gasteiger partial charge >= 0.3 is 0 Å². The van der Waals surface area contributed by atoms with Gasteiger partial charge in [0, 0.05) is 19.3 Å². The van der Waals surface area contributed by atoms with E-state index in [9.17, 15) is 4.79 Å². The van der Waals surface area contributed by atoms with E-state index in [1.807, 2.05) is 19.2 Å². The number of carbonyl (C=O) groups excluding carboxylic acids is 1. The van der Waals surface area contributed by atoms with Gasteiger partial charge in [-0.2, -0.15) is 0 Å². The van der Waals surface area contributed by atoms with E-state index in [0.717, 1.165) is 31.6 Å². The number of nitrogens with one attached hydrogen (secondary N) is 2. The van der Waals surface area contributed by atoms with Gasteiger partial charge in [-0.1, -0.05) is 6.07 Å². The molecule has 1 aromatic carbocycles. The molecule has 0 aliphatic carbocycles. The largest absolute Gasteiger partial charge is 0.491 e. The van der Waals surface area contributed by atoms with E-state index in [0.29, 0.717) is 30.4 Å². The lowest BCUT2D eigenvalue weighted by Gasteiger charge is -2.30. The highest BCUT2D eigenvalue weighted by molar-refractivity contribution is 5.97. The first-order valence-electron chi connectivity index (χ1n) is 7.59. The lowest BCUT2D eigenvalue weighted by atomic mass is 9.86. The van der Waals surface area contributed by atoms with Crippen molar-refractivity contribution in [3.8, 4) is 5.75 Å². The molecule has 1 saturated heterocycles. The normalized spacial score (nSPS) is 20.9. The van der Waals surface area contributed by atoms with Gasteiger partial charge in [-0.3, -0.25) is 4.79 Å². The molecular formula is C16H22N2O3. The second-order valence-electron chi connectivity index (χ2n) is 5.58. The van der Waals surface area contributed by atoms with Crippen LogP contribution >= 0.6 is 0 Å². The summed E-state index contributed by atoms with van der Waals surface area (Å²) in [6.45, 7) is 2.71. The second kappa shape index (κ2) is 6.45.